The molecule has 2 amide bonds. The predicted molar refractivity (Wildman–Crippen MR) is 117 cm³/mol. The zero-order valence-corrected chi connectivity index (χ0v) is 18.4. The summed E-state index contributed by atoms with van der Waals surface area (Å²) in [6, 6.07) is 7.19. The van der Waals surface area contributed by atoms with Gasteiger partial charge >= 0.3 is 6.09 Å². The standard InChI is InChI=1S/C22H34ClN3O3/c1-3-5-9-18(4-2)17-29-22(28)26-13-8-12-25(14-15-26)16-21(27)24-20-11-7-6-10-19(20)23/h6-7,10-11,18H,3-5,8-9,12-17H2,1-2H3,(H,24,27). The summed E-state index contributed by atoms with van der Waals surface area (Å²) < 4.78 is 5.57. The molecule has 1 aromatic carbocycles. The van der Waals surface area contributed by atoms with Crippen LogP contribution in [0.2, 0.25) is 5.02 Å². The molecule has 6 nitrogen and oxygen atoms in total. The fourth-order valence-corrected chi connectivity index (χ4v) is 3.63. The Kier molecular flexibility index (Phi) is 10.3. The Morgan fingerprint density at radius 3 is 2.69 bits per heavy atom. The van der Waals surface area contributed by atoms with Crippen LogP contribution in [-0.2, 0) is 9.53 Å². The number of nitrogens with one attached hydrogen (secondary N) is 1. The summed E-state index contributed by atoms with van der Waals surface area (Å²) in [4.78, 5) is 28.6. The highest BCUT2D eigenvalue weighted by Gasteiger charge is 2.22. The largest absolute Gasteiger partial charge is 0.449 e. The molecular formula is C22H34ClN3O3. The number of anilines is 1. The lowest BCUT2D eigenvalue weighted by molar-refractivity contribution is -0.117. The van der Waals surface area contributed by atoms with E-state index in [0.29, 0.717) is 42.9 Å². The molecular weight excluding hydrogens is 390 g/mol. The molecule has 1 atom stereocenters. The molecule has 1 saturated heterocycles. The van der Waals surface area contributed by atoms with Gasteiger partial charge in [0.25, 0.3) is 0 Å². The van der Waals surface area contributed by atoms with Gasteiger partial charge in [-0.1, -0.05) is 56.8 Å². The van der Waals surface area contributed by atoms with Crippen molar-refractivity contribution in [3.8, 4) is 0 Å². The Bertz CT molecular complexity index is 656. The van der Waals surface area contributed by atoms with E-state index in [0.717, 1.165) is 32.2 Å². The average Bonchev–Trinajstić information content (AvgIpc) is 2.95. The van der Waals surface area contributed by atoms with Crippen LogP contribution in [0.5, 0.6) is 0 Å². The Labute approximate surface area is 179 Å². The average molecular weight is 424 g/mol. The van der Waals surface area contributed by atoms with Crippen LogP contribution in [0.25, 0.3) is 0 Å². The maximum absolute atomic E-state index is 12.4. The van der Waals surface area contributed by atoms with Crippen molar-refractivity contribution in [3.05, 3.63) is 29.3 Å². The Hall–Kier alpha value is -1.79. The van der Waals surface area contributed by atoms with E-state index in [2.05, 4.69) is 24.1 Å². The molecule has 1 aromatic rings. The van der Waals surface area contributed by atoms with Crippen LogP contribution >= 0.6 is 11.6 Å². The number of carbonyl (C=O) groups is 2. The Morgan fingerprint density at radius 1 is 1.17 bits per heavy atom. The highest BCUT2D eigenvalue weighted by Crippen LogP contribution is 2.20. The molecule has 1 aliphatic rings. The molecule has 29 heavy (non-hydrogen) atoms. The van der Waals surface area contributed by atoms with Gasteiger partial charge in [-0.3, -0.25) is 9.69 Å². The molecule has 0 aromatic heterocycles. The van der Waals surface area contributed by atoms with Gasteiger partial charge in [0.1, 0.15) is 0 Å². The predicted octanol–water partition coefficient (Wildman–Crippen LogP) is 4.64. The van der Waals surface area contributed by atoms with E-state index in [1.807, 2.05) is 12.1 Å². The summed E-state index contributed by atoms with van der Waals surface area (Å²) in [7, 11) is 0. The summed E-state index contributed by atoms with van der Waals surface area (Å²) in [5.41, 5.74) is 0.618. The number of halogens is 1. The van der Waals surface area contributed by atoms with E-state index in [4.69, 9.17) is 16.3 Å². The summed E-state index contributed by atoms with van der Waals surface area (Å²) in [5, 5.41) is 3.37. The molecule has 1 unspecified atom stereocenters. The maximum atomic E-state index is 12.4. The summed E-state index contributed by atoms with van der Waals surface area (Å²) >= 11 is 6.10. The highest BCUT2D eigenvalue weighted by atomic mass is 35.5. The minimum absolute atomic E-state index is 0.101. The zero-order chi connectivity index (χ0) is 21.1. The van der Waals surface area contributed by atoms with E-state index >= 15 is 0 Å². The van der Waals surface area contributed by atoms with Crippen LogP contribution in [0.4, 0.5) is 10.5 Å². The fourth-order valence-electron chi connectivity index (χ4n) is 3.45. The number of ether oxygens (including phenoxy) is 1. The van der Waals surface area contributed by atoms with E-state index in [1.165, 1.54) is 6.42 Å². The number of rotatable bonds is 9. The second-order valence-corrected chi connectivity index (χ2v) is 8.05. The molecule has 1 heterocycles. The normalized spacial score (nSPS) is 16.2. The van der Waals surface area contributed by atoms with Crippen LogP contribution in [0, 0.1) is 5.92 Å². The third kappa shape index (κ3) is 8.23. The smallest absolute Gasteiger partial charge is 0.409 e. The quantitative estimate of drug-likeness (QED) is 0.628. The minimum atomic E-state index is -0.234. The Balaban J connectivity index is 1.75. The van der Waals surface area contributed by atoms with E-state index in [9.17, 15) is 9.59 Å². The van der Waals surface area contributed by atoms with E-state index < -0.39 is 0 Å². The third-order valence-corrected chi connectivity index (χ3v) is 5.68. The van der Waals surface area contributed by atoms with Crippen LogP contribution in [0.1, 0.15) is 46.0 Å². The van der Waals surface area contributed by atoms with Gasteiger partial charge in [-0.25, -0.2) is 4.79 Å². The van der Waals surface area contributed by atoms with Crippen molar-refractivity contribution in [3.63, 3.8) is 0 Å². The van der Waals surface area contributed by atoms with Crippen molar-refractivity contribution in [1.29, 1.82) is 0 Å². The molecule has 7 heteroatoms. The van der Waals surface area contributed by atoms with Crippen molar-refractivity contribution in [2.45, 2.75) is 46.0 Å². The maximum Gasteiger partial charge on any atom is 0.409 e. The summed E-state index contributed by atoms with van der Waals surface area (Å²) in [6.07, 6.45) is 5.06. The lowest BCUT2D eigenvalue weighted by atomic mass is 10.0. The van der Waals surface area contributed by atoms with Gasteiger partial charge in [0.15, 0.2) is 0 Å². The number of carbonyl (C=O) groups excluding carboxylic acids is 2. The highest BCUT2D eigenvalue weighted by molar-refractivity contribution is 6.33. The second kappa shape index (κ2) is 12.7. The Morgan fingerprint density at radius 2 is 1.97 bits per heavy atom. The minimum Gasteiger partial charge on any atom is -0.449 e. The second-order valence-electron chi connectivity index (χ2n) is 7.64. The molecule has 0 radical (unpaired) electrons. The van der Waals surface area contributed by atoms with Gasteiger partial charge in [0, 0.05) is 26.2 Å². The summed E-state index contributed by atoms with van der Waals surface area (Å²) in [6.45, 7) is 7.75. The van der Waals surface area contributed by atoms with Crippen molar-refractivity contribution >= 4 is 29.3 Å². The first-order valence-electron chi connectivity index (χ1n) is 10.7. The molecule has 0 spiro atoms. The van der Waals surface area contributed by atoms with E-state index in [-0.39, 0.29) is 18.5 Å². The van der Waals surface area contributed by atoms with Crippen LogP contribution in [0.15, 0.2) is 24.3 Å². The van der Waals surface area contributed by atoms with Crippen LogP contribution < -0.4 is 5.32 Å². The molecule has 2 rings (SSSR count). The van der Waals surface area contributed by atoms with Crippen molar-refractivity contribution in [2.75, 3.05) is 44.6 Å². The molecule has 1 fully saturated rings. The number of unbranched alkanes of at least 4 members (excludes halogenated alkanes) is 1. The first-order valence-corrected chi connectivity index (χ1v) is 11.1. The number of para-hydroxylation sites is 1. The molecule has 0 saturated carbocycles. The molecule has 0 aliphatic carbocycles. The first kappa shape index (κ1) is 23.5. The van der Waals surface area contributed by atoms with Gasteiger partial charge in [-0.2, -0.15) is 0 Å². The monoisotopic (exact) mass is 423 g/mol. The molecule has 1 aliphatic heterocycles. The fraction of sp³-hybridized carbons (Fsp3) is 0.636. The van der Waals surface area contributed by atoms with Crippen molar-refractivity contribution in [1.82, 2.24) is 9.80 Å². The number of benzene rings is 1. The summed E-state index contributed by atoms with van der Waals surface area (Å²) in [5.74, 6) is 0.340. The van der Waals surface area contributed by atoms with Gasteiger partial charge < -0.3 is 15.0 Å². The number of nitrogens with zero attached hydrogens (tertiary/aromatic N) is 2. The third-order valence-electron chi connectivity index (χ3n) is 5.35. The first-order chi connectivity index (χ1) is 14.0. The number of amides is 2. The number of hydrogen-bond donors (Lipinski definition) is 1. The van der Waals surface area contributed by atoms with Crippen LogP contribution in [-0.4, -0.2) is 61.1 Å². The van der Waals surface area contributed by atoms with Crippen LogP contribution in [0.3, 0.4) is 0 Å². The van der Waals surface area contributed by atoms with Crippen molar-refractivity contribution < 1.29 is 14.3 Å². The van der Waals surface area contributed by atoms with Crippen molar-refractivity contribution in [2.24, 2.45) is 5.92 Å². The SMILES string of the molecule is CCCCC(CC)COC(=O)N1CCCN(CC(=O)Nc2ccccc2Cl)CC1. The van der Waals surface area contributed by atoms with Gasteiger partial charge in [0.05, 0.1) is 23.9 Å². The topological polar surface area (TPSA) is 61.9 Å². The van der Waals surface area contributed by atoms with Gasteiger partial charge in [-0.05, 0) is 30.9 Å². The molecule has 0 bridgehead atoms. The molecule has 1 N–H and O–H groups in total. The number of hydrogen-bond acceptors (Lipinski definition) is 4. The zero-order valence-electron chi connectivity index (χ0n) is 17.7. The molecule has 162 valence electrons. The van der Waals surface area contributed by atoms with Gasteiger partial charge in [0.2, 0.25) is 5.91 Å². The lowest BCUT2D eigenvalue weighted by Crippen LogP contribution is -2.38. The lowest BCUT2D eigenvalue weighted by Gasteiger charge is -2.23. The van der Waals surface area contributed by atoms with E-state index in [1.54, 1.807) is 17.0 Å². The van der Waals surface area contributed by atoms with Gasteiger partial charge in [-0.15, -0.1) is 0 Å².